The molecule has 0 heterocycles. The molecule has 0 amide bonds. The average molecular weight is 268 g/mol. The molecule has 4 heteroatoms. The molecule has 0 fully saturated rings. The first-order valence-corrected chi connectivity index (χ1v) is 7.57. The fraction of sp³-hybridized carbons (Fsp3) is 0.571. The van der Waals surface area contributed by atoms with Crippen LogP contribution in [-0.2, 0) is 6.42 Å². The van der Waals surface area contributed by atoms with Crippen LogP contribution in [0.25, 0.3) is 0 Å². The average Bonchev–Trinajstić information content (AvgIpc) is 2.37. The van der Waals surface area contributed by atoms with E-state index in [1.807, 2.05) is 7.05 Å². The highest BCUT2D eigenvalue weighted by Gasteiger charge is 2.07. The van der Waals surface area contributed by atoms with Crippen molar-refractivity contribution in [2.45, 2.75) is 23.8 Å². The van der Waals surface area contributed by atoms with E-state index in [0.717, 1.165) is 13.0 Å². The number of benzene rings is 1. The minimum atomic E-state index is -0.307. The van der Waals surface area contributed by atoms with Gasteiger partial charge in [0.15, 0.2) is 0 Å². The minimum absolute atomic E-state index is 0.307. The number of nitrogens with two attached hydrogens (primary N) is 1. The van der Waals surface area contributed by atoms with E-state index in [9.17, 15) is 5.11 Å². The van der Waals surface area contributed by atoms with Gasteiger partial charge in [0.25, 0.3) is 0 Å². The summed E-state index contributed by atoms with van der Waals surface area (Å²) in [5.41, 5.74) is 6.76. The largest absolute Gasteiger partial charge is 0.392 e. The lowest BCUT2D eigenvalue weighted by Gasteiger charge is -2.20. The van der Waals surface area contributed by atoms with Crippen LogP contribution in [0.5, 0.6) is 0 Å². The lowest BCUT2D eigenvalue weighted by Crippen LogP contribution is -2.32. The molecule has 0 spiro atoms. The van der Waals surface area contributed by atoms with Crippen LogP contribution in [0.2, 0.25) is 0 Å². The number of nitrogens with zero attached hydrogens (tertiary/aromatic N) is 1. The van der Waals surface area contributed by atoms with Crippen molar-refractivity contribution in [3.8, 4) is 0 Å². The first-order chi connectivity index (χ1) is 8.65. The second-order valence-electron chi connectivity index (χ2n) is 4.59. The molecule has 1 aromatic carbocycles. The molecule has 18 heavy (non-hydrogen) atoms. The van der Waals surface area contributed by atoms with Crippen LogP contribution in [0, 0.1) is 0 Å². The van der Waals surface area contributed by atoms with E-state index < -0.39 is 0 Å². The van der Waals surface area contributed by atoms with Gasteiger partial charge in [-0.3, -0.25) is 0 Å². The molecule has 102 valence electrons. The molecule has 1 rings (SSSR count). The Balaban J connectivity index is 2.30. The molecule has 1 atom stereocenters. The lowest BCUT2D eigenvalue weighted by atomic mass is 10.1. The molecule has 0 aliphatic heterocycles. The van der Waals surface area contributed by atoms with Gasteiger partial charge in [-0.1, -0.05) is 12.1 Å². The zero-order valence-electron chi connectivity index (χ0n) is 11.3. The van der Waals surface area contributed by atoms with E-state index in [2.05, 4.69) is 35.4 Å². The molecular weight excluding hydrogens is 244 g/mol. The highest BCUT2D eigenvalue weighted by molar-refractivity contribution is 7.98. The van der Waals surface area contributed by atoms with Gasteiger partial charge in [0, 0.05) is 18.0 Å². The van der Waals surface area contributed by atoms with E-state index in [1.54, 1.807) is 11.8 Å². The third kappa shape index (κ3) is 5.87. The monoisotopic (exact) mass is 268 g/mol. The predicted molar refractivity (Wildman–Crippen MR) is 79.1 cm³/mol. The van der Waals surface area contributed by atoms with Crippen molar-refractivity contribution in [1.29, 1.82) is 0 Å². The Morgan fingerprint density at radius 2 is 2.00 bits per heavy atom. The molecule has 3 N–H and O–H groups in total. The number of hydrogen-bond donors (Lipinski definition) is 2. The van der Waals surface area contributed by atoms with Gasteiger partial charge in [-0.25, -0.2) is 0 Å². The highest BCUT2D eigenvalue weighted by atomic mass is 32.2. The second kappa shape index (κ2) is 8.53. The summed E-state index contributed by atoms with van der Waals surface area (Å²) < 4.78 is 0. The number of aliphatic hydroxyl groups is 1. The van der Waals surface area contributed by atoms with Gasteiger partial charge >= 0.3 is 0 Å². The Morgan fingerprint density at radius 3 is 2.56 bits per heavy atom. The van der Waals surface area contributed by atoms with Gasteiger partial charge in [-0.2, -0.15) is 0 Å². The van der Waals surface area contributed by atoms with E-state index in [4.69, 9.17) is 5.73 Å². The van der Waals surface area contributed by atoms with E-state index in [1.165, 1.54) is 10.5 Å². The molecule has 1 aromatic rings. The Labute approximate surface area is 114 Å². The molecular formula is C14H24N2OS. The summed E-state index contributed by atoms with van der Waals surface area (Å²) in [4.78, 5) is 3.45. The predicted octanol–water partition coefficient (Wildman–Crippen LogP) is 1.59. The molecule has 0 aliphatic carbocycles. The summed E-state index contributed by atoms with van der Waals surface area (Å²) in [6, 6.07) is 8.67. The van der Waals surface area contributed by atoms with Crippen molar-refractivity contribution < 1.29 is 5.11 Å². The maximum absolute atomic E-state index is 9.66. The quantitative estimate of drug-likeness (QED) is 0.703. The summed E-state index contributed by atoms with van der Waals surface area (Å²) in [6.45, 7) is 2.20. The molecule has 0 bridgehead atoms. The number of likely N-dealkylation sites (N-methyl/N-ethyl adjacent to an activating group) is 1. The maximum Gasteiger partial charge on any atom is 0.0679 e. The van der Waals surface area contributed by atoms with E-state index >= 15 is 0 Å². The SMILES string of the molecule is CSc1ccc(CCN(C)CC(O)CCN)cc1. The zero-order chi connectivity index (χ0) is 13.4. The van der Waals surface area contributed by atoms with E-state index in [-0.39, 0.29) is 6.10 Å². The summed E-state index contributed by atoms with van der Waals surface area (Å²) >= 11 is 1.76. The topological polar surface area (TPSA) is 49.5 Å². The second-order valence-corrected chi connectivity index (χ2v) is 5.47. The van der Waals surface area contributed by atoms with Gasteiger partial charge in [0.2, 0.25) is 0 Å². The zero-order valence-corrected chi connectivity index (χ0v) is 12.1. The molecule has 0 radical (unpaired) electrons. The fourth-order valence-electron chi connectivity index (χ4n) is 1.85. The van der Waals surface area contributed by atoms with Gasteiger partial charge in [0.05, 0.1) is 6.10 Å². The fourth-order valence-corrected chi connectivity index (χ4v) is 2.26. The van der Waals surface area contributed by atoms with Crippen molar-refractivity contribution in [1.82, 2.24) is 4.90 Å². The van der Waals surface area contributed by atoms with Crippen LogP contribution in [0.4, 0.5) is 0 Å². The minimum Gasteiger partial charge on any atom is -0.392 e. The molecule has 0 saturated carbocycles. The van der Waals surface area contributed by atoms with Gasteiger partial charge in [-0.05, 0) is 50.4 Å². The van der Waals surface area contributed by atoms with Crippen molar-refractivity contribution in [2.24, 2.45) is 5.73 Å². The first-order valence-electron chi connectivity index (χ1n) is 6.35. The van der Waals surface area contributed by atoms with Crippen molar-refractivity contribution >= 4 is 11.8 Å². The standard InChI is InChI=1S/C14H24N2OS/c1-16(11-13(17)7-9-15)10-8-12-3-5-14(18-2)6-4-12/h3-6,13,17H,7-11,15H2,1-2H3. The molecule has 0 aromatic heterocycles. The van der Waals surface area contributed by atoms with Crippen LogP contribution >= 0.6 is 11.8 Å². The third-order valence-electron chi connectivity index (χ3n) is 2.96. The first kappa shape index (κ1) is 15.5. The van der Waals surface area contributed by atoms with Crippen molar-refractivity contribution in [2.75, 3.05) is 32.9 Å². The number of thioether (sulfide) groups is 1. The Morgan fingerprint density at radius 1 is 1.33 bits per heavy atom. The molecule has 0 aliphatic rings. The van der Waals surface area contributed by atoms with Crippen molar-refractivity contribution in [3.05, 3.63) is 29.8 Å². The van der Waals surface area contributed by atoms with Crippen LogP contribution in [0.3, 0.4) is 0 Å². The van der Waals surface area contributed by atoms with Crippen LogP contribution in [-0.4, -0.2) is 49.0 Å². The number of hydrogen-bond acceptors (Lipinski definition) is 4. The van der Waals surface area contributed by atoms with Gasteiger partial charge in [0.1, 0.15) is 0 Å². The Bertz CT molecular complexity index is 329. The summed E-state index contributed by atoms with van der Waals surface area (Å²) in [6.07, 6.45) is 3.47. The van der Waals surface area contributed by atoms with E-state index in [0.29, 0.717) is 19.5 Å². The smallest absolute Gasteiger partial charge is 0.0679 e. The maximum atomic E-state index is 9.66. The lowest BCUT2D eigenvalue weighted by molar-refractivity contribution is 0.120. The van der Waals surface area contributed by atoms with Crippen molar-refractivity contribution in [3.63, 3.8) is 0 Å². The molecule has 1 unspecified atom stereocenters. The highest BCUT2D eigenvalue weighted by Crippen LogP contribution is 2.15. The van der Waals surface area contributed by atoms with Crippen LogP contribution in [0.15, 0.2) is 29.2 Å². The number of rotatable bonds is 8. The van der Waals surface area contributed by atoms with Crippen LogP contribution < -0.4 is 5.73 Å². The van der Waals surface area contributed by atoms with Crippen LogP contribution in [0.1, 0.15) is 12.0 Å². The normalized spacial score (nSPS) is 12.9. The summed E-state index contributed by atoms with van der Waals surface area (Å²) in [5.74, 6) is 0. The summed E-state index contributed by atoms with van der Waals surface area (Å²) in [7, 11) is 2.04. The van der Waals surface area contributed by atoms with Gasteiger partial charge < -0.3 is 15.7 Å². The third-order valence-corrected chi connectivity index (χ3v) is 3.71. The molecule has 0 saturated heterocycles. The molecule has 3 nitrogen and oxygen atoms in total. The van der Waals surface area contributed by atoms with Gasteiger partial charge in [-0.15, -0.1) is 11.8 Å². The summed E-state index contributed by atoms with van der Waals surface area (Å²) in [5, 5.41) is 9.66. The Hall–Kier alpha value is -0.550. The number of aliphatic hydroxyl groups excluding tert-OH is 1. The Kier molecular flexibility index (Phi) is 7.35.